The number of rotatable bonds is 8. The van der Waals surface area contributed by atoms with Gasteiger partial charge in [0.05, 0.1) is 17.1 Å². The Morgan fingerprint density at radius 3 is 3.00 bits per heavy atom. The van der Waals surface area contributed by atoms with Gasteiger partial charge in [-0.3, -0.25) is 4.79 Å². The maximum atomic E-state index is 11.9. The summed E-state index contributed by atoms with van der Waals surface area (Å²) in [6, 6.07) is 1.68. The van der Waals surface area contributed by atoms with Crippen molar-refractivity contribution in [2.75, 3.05) is 11.9 Å². The van der Waals surface area contributed by atoms with E-state index in [4.69, 9.17) is 10.3 Å². The van der Waals surface area contributed by atoms with Gasteiger partial charge in [-0.15, -0.1) is 11.3 Å². The fraction of sp³-hybridized carbons (Fsp3) is 0.500. The van der Waals surface area contributed by atoms with Crippen LogP contribution in [0.4, 0.5) is 5.82 Å². The minimum atomic E-state index is -0.136. The molecule has 0 saturated heterocycles. The highest BCUT2D eigenvalue weighted by atomic mass is 32.1. The quantitative estimate of drug-likeness (QED) is 0.730. The molecule has 1 amide bonds. The van der Waals surface area contributed by atoms with E-state index in [1.54, 1.807) is 24.3 Å². The molecule has 2 aromatic heterocycles. The number of amides is 1. The minimum absolute atomic E-state index is 0.136. The second kappa shape index (κ2) is 7.90. The molecule has 0 aliphatic rings. The topological polar surface area (TPSA) is 94.0 Å². The number of anilines is 1. The van der Waals surface area contributed by atoms with E-state index in [9.17, 15) is 4.79 Å². The van der Waals surface area contributed by atoms with Gasteiger partial charge in [-0.1, -0.05) is 11.6 Å². The largest absolute Gasteiger partial charge is 0.360 e. The molecule has 7 heteroatoms. The molecule has 0 aliphatic carbocycles. The van der Waals surface area contributed by atoms with Crippen molar-refractivity contribution in [2.24, 2.45) is 5.73 Å². The van der Waals surface area contributed by atoms with Gasteiger partial charge in [-0.05, 0) is 32.7 Å². The van der Waals surface area contributed by atoms with Gasteiger partial charge in [-0.25, -0.2) is 4.98 Å². The van der Waals surface area contributed by atoms with Crippen LogP contribution in [0.2, 0.25) is 0 Å². The molecule has 0 unspecified atom stereocenters. The third-order valence-corrected chi connectivity index (χ3v) is 3.89. The van der Waals surface area contributed by atoms with E-state index < -0.39 is 0 Å². The zero-order valence-electron chi connectivity index (χ0n) is 12.1. The number of hydrogen-bond donors (Lipinski definition) is 2. The van der Waals surface area contributed by atoms with E-state index in [2.05, 4.69) is 15.5 Å². The highest BCUT2D eigenvalue weighted by molar-refractivity contribution is 7.09. The van der Waals surface area contributed by atoms with Gasteiger partial charge in [0.2, 0.25) is 5.91 Å². The first kappa shape index (κ1) is 15.7. The Morgan fingerprint density at radius 1 is 1.43 bits per heavy atom. The molecule has 21 heavy (non-hydrogen) atoms. The van der Waals surface area contributed by atoms with Gasteiger partial charge < -0.3 is 15.6 Å². The number of carbonyl (C=O) groups is 1. The molecule has 2 heterocycles. The maximum Gasteiger partial charge on any atom is 0.231 e. The summed E-state index contributed by atoms with van der Waals surface area (Å²) in [5.74, 6) is 0.969. The third-order valence-electron chi connectivity index (χ3n) is 2.93. The van der Waals surface area contributed by atoms with E-state index in [1.165, 1.54) is 0 Å². The second-order valence-corrected chi connectivity index (χ2v) is 5.82. The Hall–Kier alpha value is -1.73. The molecule has 2 rings (SSSR count). The maximum absolute atomic E-state index is 11.9. The molecule has 114 valence electrons. The SMILES string of the molecule is Cc1cc(NC(=O)Cc2csc(CCCCCN)n2)no1. The molecule has 0 fully saturated rings. The van der Waals surface area contributed by atoms with Crippen LogP contribution in [0.3, 0.4) is 0 Å². The molecule has 0 atom stereocenters. The van der Waals surface area contributed by atoms with Crippen LogP contribution in [-0.4, -0.2) is 22.6 Å². The summed E-state index contributed by atoms with van der Waals surface area (Å²) in [5, 5.41) is 9.43. The second-order valence-electron chi connectivity index (χ2n) is 4.88. The van der Waals surface area contributed by atoms with Crippen LogP contribution >= 0.6 is 11.3 Å². The van der Waals surface area contributed by atoms with Gasteiger partial charge in [0.15, 0.2) is 5.82 Å². The smallest absolute Gasteiger partial charge is 0.231 e. The molecular weight excluding hydrogens is 288 g/mol. The lowest BCUT2D eigenvalue weighted by Crippen LogP contribution is -2.14. The first-order valence-electron chi connectivity index (χ1n) is 7.04. The lowest BCUT2D eigenvalue weighted by atomic mass is 10.2. The zero-order chi connectivity index (χ0) is 15.1. The first-order valence-corrected chi connectivity index (χ1v) is 7.92. The highest BCUT2D eigenvalue weighted by Crippen LogP contribution is 2.14. The predicted molar refractivity (Wildman–Crippen MR) is 82.3 cm³/mol. The number of nitrogens with one attached hydrogen (secondary N) is 1. The predicted octanol–water partition coefficient (Wildman–Crippen LogP) is 2.29. The molecule has 0 saturated carbocycles. The Labute approximate surface area is 127 Å². The molecule has 0 radical (unpaired) electrons. The van der Waals surface area contributed by atoms with Crippen molar-refractivity contribution in [3.05, 3.63) is 27.9 Å². The normalized spacial score (nSPS) is 10.8. The van der Waals surface area contributed by atoms with E-state index in [0.29, 0.717) is 11.6 Å². The van der Waals surface area contributed by atoms with Crippen LogP contribution in [0.5, 0.6) is 0 Å². The molecule has 2 aromatic rings. The molecular formula is C14H20N4O2S. The average Bonchev–Trinajstić information content (AvgIpc) is 3.04. The highest BCUT2D eigenvalue weighted by Gasteiger charge is 2.10. The summed E-state index contributed by atoms with van der Waals surface area (Å²) in [6.45, 7) is 2.52. The number of aryl methyl sites for hydroxylation is 2. The Bertz CT molecular complexity index is 579. The Morgan fingerprint density at radius 2 is 2.29 bits per heavy atom. The van der Waals surface area contributed by atoms with Crippen LogP contribution in [0.15, 0.2) is 16.0 Å². The van der Waals surface area contributed by atoms with Crippen molar-refractivity contribution in [2.45, 2.75) is 39.0 Å². The van der Waals surface area contributed by atoms with Crippen LogP contribution in [0.1, 0.15) is 35.7 Å². The summed E-state index contributed by atoms with van der Waals surface area (Å²) in [6.07, 6.45) is 4.48. The number of nitrogens with zero attached hydrogens (tertiary/aromatic N) is 2. The van der Waals surface area contributed by atoms with E-state index in [0.717, 1.165) is 42.9 Å². The van der Waals surface area contributed by atoms with Crippen molar-refractivity contribution in [3.8, 4) is 0 Å². The fourth-order valence-corrected chi connectivity index (χ4v) is 2.76. The number of carbonyl (C=O) groups excluding carboxylic acids is 1. The Kier molecular flexibility index (Phi) is 5.89. The van der Waals surface area contributed by atoms with Crippen LogP contribution in [0, 0.1) is 6.92 Å². The van der Waals surface area contributed by atoms with Gasteiger partial charge >= 0.3 is 0 Å². The van der Waals surface area contributed by atoms with E-state index in [-0.39, 0.29) is 12.3 Å². The summed E-state index contributed by atoms with van der Waals surface area (Å²) >= 11 is 1.60. The molecule has 6 nitrogen and oxygen atoms in total. The molecule has 0 spiro atoms. The standard InChI is InChI=1S/C14H20N4O2S/c1-10-7-12(18-20-10)17-13(19)8-11-9-21-14(16-11)5-3-2-4-6-15/h7,9H,2-6,8,15H2,1H3,(H,17,18,19). The van der Waals surface area contributed by atoms with Crippen molar-refractivity contribution in [1.82, 2.24) is 10.1 Å². The number of unbranched alkanes of at least 4 members (excludes halogenated alkanes) is 2. The summed E-state index contributed by atoms with van der Waals surface area (Å²) in [4.78, 5) is 16.3. The lowest BCUT2D eigenvalue weighted by Gasteiger charge is -1.98. The van der Waals surface area contributed by atoms with E-state index >= 15 is 0 Å². The minimum Gasteiger partial charge on any atom is -0.360 e. The van der Waals surface area contributed by atoms with Crippen molar-refractivity contribution < 1.29 is 9.32 Å². The monoisotopic (exact) mass is 308 g/mol. The van der Waals surface area contributed by atoms with Gasteiger partial charge in [0, 0.05) is 11.4 Å². The lowest BCUT2D eigenvalue weighted by molar-refractivity contribution is -0.115. The number of aromatic nitrogens is 2. The van der Waals surface area contributed by atoms with Crippen molar-refractivity contribution >= 4 is 23.1 Å². The number of nitrogens with two attached hydrogens (primary N) is 1. The summed E-state index contributed by atoms with van der Waals surface area (Å²) in [5.41, 5.74) is 6.26. The van der Waals surface area contributed by atoms with Crippen LogP contribution in [0.25, 0.3) is 0 Å². The van der Waals surface area contributed by atoms with Crippen LogP contribution < -0.4 is 11.1 Å². The fourth-order valence-electron chi connectivity index (χ4n) is 1.92. The van der Waals surface area contributed by atoms with E-state index in [1.807, 2.05) is 5.38 Å². The third kappa shape index (κ3) is 5.28. The number of thiazole rings is 1. The first-order chi connectivity index (χ1) is 10.2. The number of hydrogen-bond acceptors (Lipinski definition) is 6. The molecule has 0 aliphatic heterocycles. The Balaban J connectivity index is 1.77. The summed E-state index contributed by atoms with van der Waals surface area (Å²) < 4.78 is 4.90. The average molecular weight is 308 g/mol. The van der Waals surface area contributed by atoms with Crippen LogP contribution in [-0.2, 0) is 17.6 Å². The molecule has 0 aromatic carbocycles. The van der Waals surface area contributed by atoms with Crippen molar-refractivity contribution in [1.29, 1.82) is 0 Å². The molecule has 3 N–H and O–H groups in total. The van der Waals surface area contributed by atoms with Crippen molar-refractivity contribution in [3.63, 3.8) is 0 Å². The zero-order valence-corrected chi connectivity index (χ0v) is 12.9. The summed E-state index contributed by atoms with van der Waals surface area (Å²) in [7, 11) is 0. The molecule has 0 bridgehead atoms. The van der Waals surface area contributed by atoms with Gasteiger partial charge in [0.25, 0.3) is 0 Å². The van der Waals surface area contributed by atoms with Gasteiger partial charge in [-0.2, -0.15) is 0 Å². The van der Waals surface area contributed by atoms with Gasteiger partial charge in [0.1, 0.15) is 5.76 Å².